The average Bonchev–Trinajstić information content (AvgIpc) is 1.41. The van der Waals surface area contributed by atoms with E-state index in [9.17, 15) is 0 Å². The molecule has 0 aromatic rings. The molecule has 28 valence electrons. The molecule has 2 heteroatoms. The Morgan fingerprint density at radius 1 is 2.00 bits per heavy atom. The normalized spacial score (nSPS) is 7.20. The van der Waals surface area contributed by atoms with Gasteiger partial charge in [0.1, 0.15) is 0 Å². The summed E-state index contributed by atoms with van der Waals surface area (Å²) in [5.74, 6) is 0. The van der Waals surface area contributed by atoms with Gasteiger partial charge in [0.2, 0.25) is 0 Å². The SMILES string of the molecule is C=CC[O][AlH2]. The molecule has 0 aromatic heterocycles. The summed E-state index contributed by atoms with van der Waals surface area (Å²) >= 11 is 0.827. The van der Waals surface area contributed by atoms with E-state index in [1.54, 1.807) is 6.08 Å². The first-order valence-electron chi connectivity index (χ1n) is 1.51. The summed E-state index contributed by atoms with van der Waals surface area (Å²) in [6, 6.07) is 0. The second kappa shape index (κ2) is 4.23. The molecule has 0 heterocycles. The molecule has 0 atom stereocenters. The van der Waals surface area contributed by atoms with Crippen LogP contribution in [-0.4, -0.2) is 23.2 Å². The second-order valence-electron chi connectivity index (χ2n) is 0.744. The van der Waals surface area contributed by atoms with Gasteiger partial charge in [-0.2, -0.15) is 0 Å². The summed E-state index contributed by atoms with van der Waals surface area (Å²) in [5.41, 5.74) is 0. The predicted molar refractivity (Wildman–Crippen MR) is 24.7 cm³/mol. The molecule has 0 fully saturated rings. The van der Waals surface area contributed by atoms with Crippen LogP contribution in [0.3, 0.4) is 0 Å². The summed E-state index contributed by atoms with van der Waals surface area (Å²) in [5, 5.41) is 0. The molecular formula is C3H7AlO. The summed E-state index contributed by atoms with van der Waals surface area (Å²) in [4.78, 5) is 0. The van der Waals surface area contributed by atoms with Gasteiger partial charge < -0.3 is 3.79 Å². The Balaban J connectivity index is 2.40. The van der Waals surface area contributed by atoms with Crippen molar-refractivity contribution in [2.45, 2.75) is 0 Å². The van der Waals surface area contributed by atoms with Gasteiger partial charge >= 0.3 is 16.6 Å². The fourth-order valence-electron chi connectivity index (χ4n) is 0.118. The highest BCUT2D eigenvalue weighted by atomic mass is 27.1. The van der Waals surface area contributed by atoms with Gasteiger partial charge in [0.05, 0.1) is 0 Å². The van der Waals surface area contributed by atoms with E-state index in [-0.39, 0.29) is 0 Å². The minimum Gasteiger partial charge on any atom is -0.503 e. The second-order valence-corrected chi connectivity index (χ2v) is 1.32. The van der Waals surface area contributed by atoms with Gasteiger partial charge in [-0.25, -0.2) is 0 Å². The van der Waals surface area contributed by atoms with Crippen LogP contribution in [0.1, 0.15) is 0 Å². The first kappa shape index (κ1) is 5.23. The van der Waals surface area contributed by atoms with E-state index >= 15 is 0 Å². The minimum absolute atomic E-state index is 0.715. The number of hydrogen-bond acceptors (Lipinski definition) is 1. The molecule has 5 heavy (non-hydrogen) atoms. The van der Waals surface area contributed by atoms with Gasteiger partial charge in [-0.15, -0.1) is 6.58 Å². The Hall–Kier alpha value is 0.232. The molecule has 0 spiro atoms. The fraction of sp³-hybridized carbons (Fsp3) is 0.333. The Bertz CT molecular complexity index is 28.1. The standard InChI is InChI=1S/C3H5O.Al.2H/c1-2-3-4;;;/h2H,1,3H2;;;/q-1;+1;;. The summed E-state index contributed by atoms with van der Waals surface area (Å²) in [7, 11) is 0. The monoisotopic (exact) mass is 86.0 g/mol. The van der Waals surface area contributed by atoms with Crippen molar-refractivity contribution in [3.8, 4) is 0 Å². The lowest BCUT2D eigenvalue weighted by molar-refractivity contribution is 0.402. The van der Waals surface area contributed by atoms with Crippen LogP contribution >= 0.6 is 0 Å². The third-order valence-corrected chi connectivity index (χ3v) is 0.618. The molecule has 0 amide bonds. The highest BCUT2D eigenvalue weighted by Gasteiger charge is 1.58. The van der Waals surface area contributed by atoms with E-state index in [0.717, 1.165) is 16.6 Å². The smallest absolute Gasteiger partial charge is 0.410 e. The summed E-state index contributed by atoms with van der Waals surface area (Å²) in [6.45, 7) is 4.16. The maximum Gasteiger partial charge on any atom is 0.410 e. The molecule has 0 bridgehead atoms. The van der Waals surface area contributed by atoms with E-state index in [0.29, 0.717) is 6.61 Å². The van der Waals surface area contributed by atoms with Crippen LogP contribution in [0.4, 0.5) is 0 Å². The zero-order valence-corrected chi connectivity index (χ0v) is 5.40. The van der Waals surface area contributed by atoms with Gasteiger partial charge in [0.25, 0.3) is 0 Å². The maximum absolute atomic E-state index is 4.71. The van der Waals surface area contributed by atoms with E-state index in [2.05, 4.69) is 6.58 Å². The molecule has 0 rings (SSSR count). The van der Waals surface area contributed by atoms with E-state index in [1.807, 2.05) is 0 Å². The Morgan fingerprint density at radius 3 is 2.60 bits per heavy atom. The third-order valence-electron chi connectivity index (χ3n) is 0.285. The van der Waals surface area contributed by atoms with E-state index in [4.69, 9.17) is 3.79 Å². The van der Waals surface area contributed by atoms with Crippen LogP contribution in [-0.2, 0) is 3.79 Å². The maximum atomic E-state index is 4.71. The average molecular weight is 86.1 g/mol. The van der Waals surface area contributed by atoms with Gasteiger partial charge in [-0.1, -0.05) is 6.08 Å². The van der Waals surface area contributed by atoms with E-state index < -0.39 is 0 Å². The molecule has 0 saturated carbocycles. The molecule has 0 aliphatic carbocycles. The van der Waals surface area contributed by atoms with Crippen molar-refractivity contribution in [1.29, 1.82) is 0 Å². The van der Waals surface area contributed by atoms with Crippen LogP contribution in [0.5, 0.6) is 0 Å². The molecule has 0 aliphatic rings. The first-order chi connectivity index (χ1) is 2.41. The first-order valence-corrected chi connectivity index (χ1v) is 2.33. The van der Waals surface area contributed by atoms with Crippen molar-refractivity contribution in [3.05, 3.63) is 12.7 Å². The molecule has 0 aromatic carbocycles. The quantitative estimate of drug-likeness (QED) is 0.332. The predicted octanol–water partition coefficient (Wildman–Crippen LogP) is -0.263. The highest BCUT2D eigenvalue weighted by molar-refractivity contribution is 5.98. The summed E-state index contributed by atoms with van der Waals surface area (Å²) < 4.78 is 4.71. The van der Waals surface area contributed by atoms with Crippen molar-refractivity contribution >= 4 is 16.6 Å². The minimum atomic E-state index is 0.715. The van der Waals surface area contributed by atoms with Crippen LogP contribution in [0.15, 0.2) is 12.7 Å². The van der Waals surface area contributed by atoms with Gasteiger partial charge in [-0.3, -0.25) is 0 Å². The largest absolute Gasteiger partial charge is 0.503 e. The Kier molecular flexibility index (Phi) is 4.43. The Labute approximate surface area is 40.4 Å². The molecule has 0 radical (unpaired) electrons. The number of hydrogen-bond donors (Lipinski definition) is 0. The molecule has 0 unspecified atom stereocenters. The van der Waals surface area contributed by atoms with Crippen molar-refractivity contribution in [1.82, 2.24) is 0 Å². The summed E-state index contributed by atoms with van der Waals surface area (Å²) in [6.07, 6.45) is 1.74. The topological polar surface area (TPSA) is 9.23 Å². The third kappa shape index (κ3) is 4.23. The Morgan fingerprint density at radius 2 is 2.60 bits per heavy atom. The van der Waals surface area contributed by atoms with Crippen molar-refractivity contribution in [3.63, 3.8) is 0 Å². The number of rotatable bonds is 2. The lowest BCUT2D eigenvalue weighted by Gasteiger charge is -1.81. The zero-order valence-electron chi connectivity index (χ0n) is 3.40. The molecule has 0 N–H and O–H groups in total. The lowest BCUT2D eigenvalue weighted by atomic mass is 10.7. The fourth-order valence-corrected chi connectivity index (χ4v) is 0.354. The van der Waals surface area contributed by atoms with Crippen molar-refractivity contribution in [2.75, 3.05) is 6.61 Å². The zero-order chi connectivity index (χ0) is 4.12. The highest BCUT2D eigenvalue weighted by Crippen LogP contribution is 1.59. The molecule has 0 aliphatic heterocycles. The molecule has 0 saturated heterocycles. The van der Waals surface area contributed by atoms with Crippen LogP contribution in [0.25, 0.3) is 0 Å². The van der Waals surface area contributed by atoms with Crippen LogP contribution in [0, 0.1) is 0 Å². The van der Waals surface area contributed by atoms with Crippen LogP contribution in [0.2, 0.25) is 0 Å². The van der Waals surface area contributed by atoms with Gasteiger partial charge in [-0.05, 0) is 0 Å². The van der Waals surface area contributed by atoms with Crippen molar-refractivity contribution < 1.29 is 3.79 Å². The van der Waals surface area contributed by atoms with Gasteiger partial charge in [0, 0.05) is 6.61 Å². The van der Waals surface area contributed by atoms with Crippen LogP contribution < -0.4 is 0 Å². The lowest BCUT2D eigenvalue weighted by Crippen LogP contribution is -1.79. The molecular weight excluding hydrogens is 79.0 g/mol. The van der Waals surface area contributed by atoms with E-state index in [1.165, 1.54) is 0 Å². The molecule has 1 nitrogen and oxygen atoms in total. The van der Waals surface area contributed by atoms with Crippen molar-refractivity contribution in [2.24, 2.45) is 0 Å². The van der Waals surface area contributed by atoms with Gasteiger partial charge in [0.15, 0.2) is 0 Å².